The summed E-state index contributed by atoms with van der Waals surface area (Å²) in [5.41, 5.74) is 8.54. The van der Waals surface area contributed by atoms with Gasteiger partial charge >= 0.3 is 5.97 Å². The molecule has 1 heterocycles. The van der Waals surface area contributed by atoms with Crippen molar-refractivity contribution in [2.45, 2.75) is 26.7 Å². The predicted molar refractivity (Wildman–Crippen MR) is 109 cm³/mol. The van der Waals surface area contributed by atoms with E-state index in [2.05, 4.69) is 5.32 Å². The summed E-state index contributed by atoms with van der Waals surface area (Å²) in [6, 6.07) is 7.71. The summed E-state index contributed by atoms with van der Waals surface area (Å²) in [4.78, 5) is 37.3. The number of primary amides is 1. The number of carbonyl (C=O) groups excluding carboxylic acids is 2. The number of aliphatic carboxylic acids is 1. The minimum Gasteiger partial charge on any atom is -0.481 e. The first kappa shape index (κ1) is 19.8. The number of nitrogens with one attached hydrogen (secondary N) is 1. The molecule has 0 fully saturated rings. The number of aryl methyl sites for hydroxylation is 2. The number of anilines is 1. The summed E-state index contributed by atoms with van der Waals surface area (Å²) in [6.45, 7) is 3.84. The fourth-order valence-electron chi connectivity index (χ4n) is 3.52. The number of hydrogen-bond acceptors (Lipinski definition) is 4. The number of thiophene rings is 1. The molecular formula is C21H22N2O4S. The number of amides is 2. The molecule has 2 aromatic rings. The molecule has 0 saturated carbocycles. The van der Waals surface area contributed by atoms with Gasteiger partial charge in [-0.05, 0) is 32.3 Å². The molecule has 0 saturated heterocycles. The van der Waals surface area contributed by atoms with E-state index in [0.717, 1.165) is 16.0 Å². The van der Waals surface area contributed by atoms with Crippen LogP contribution < -0.4 is 11.1 Å². The monoisotopic (exact) mass is 398 g/mol. The fourth-order valence-corrected chi connectivity index (χ4v) is 4.60. The molecule has 0 radical (unpaired) electrons. The van der Waals surface area contributed by atoms with Crippen molar-refractivity contribution in [1.29, 1.82) is 0 Å². The number of rotatable bonds is 5. The Balaban J connectivity index is 1.96. The molecule has 1 aliphatic carbocycles. The van der Waals surface area contributed by atoms with E-state index in [1.165, 1.54) is 11.3 Å². The Morgan fingerprint density at radius 2 is 1.68 bits per heavy atom. The topological polar surface area (TPSA) is 109 Å². The highest BCUT2D eigenvalue weighted by atomic mass is 32.1. The Kier molecular flexibility index (Phi) is 5.65. The minimum absolute atomic E-state index is 0.262. The average Bonchev–Trinajstić information content (AvgIpc) is 2.98. The fraction of sp³-hybridized carbons (Fsp3) is 0.286. The maximum Gasteiger partial charge on any atom is 0.307 e. The molecular weight excluding hydrogens is 376 g/mol. The SMILES string of the molecule is Cc1ccc(-c2c(C)sc(NC(=O)[C@@H]3CC=CC[C@@H]3C(=O)O)c2C(N)=O)cc1. The van der Waals surface area contributed by atoms with Crippen molar-refractivity contribution in [1.82, 2.24) is 0 Å². The maximum atomic E-state index is 12.8. The number of carboxylic acid groups (broad SMARTS) is 1. The molecule has 1 aromatic heterocycles. The van der Waals surface area contributed by atoms with Crippen LogP contribution >= 0.6 is 11.3 Å². The van der Waals surface area contributed by atoms with Crippen molar-refractivity contribution in [3.63, 3.8) is 0 Å². The predicted octanol–water partition coefficient (Wildman–Crippen LogP) is 3.74. The quantitative estimate of drug-likeness (QED) is 0.667. The molecule has 0 bridgehead atoms. The van der Waals surface area contributed by atoms with Gasteiger partial charge in [-0.25, -0.2) is 0 Å². The van der Waals surface area contributed by atoms with E-state index in [1.807, 2.05) is 44.2 Å². The maximum absolute atomic E-state index is 12.8. The van der Waals surface area contributed by atoms with E-state index < -0.39 is 29.6 Å². The Morgan fingerprint density at radius 3 is 2.25 bits per heavy atom. The molecule has 0 unspecified atom stereocenters. The Hall–Kier alpha value is -2.93. The van der Waals surface area contributed by atoms with Gasteiger partial charge in [-0.1, -0.05) is 42.0 Å². The summed E-state index contributed by atoms with van der Waals surface area (Å²) in [6.07, 6.45) is 4.26. The summed E-state index contributed by atoms with van der Waals surface area (Å²) in [5, 5.41) is 12.5. The summed E-state index contributed by atoms with van der Waals surface area (Å²) >= 11 is 1.27. The zero-order chi connectivity index (χ0) is 20.4. The van der Waals surface area contributed by atoms with Gasteiger partial charge in [0.25, 0.3) is 5.91 Å². The van der Waals surface area contributed by atoms with Gasteiger partial charge in [-0.15, -0.1) is 11.3 Å². The number of hydrogen-bond donors (Lipinski definition) is 3. The number of carboxylic acids is 1. The van der Waals surface area contributed by atoms with Gasteiger partial charge in [0.1, 0.15) is 5.00 Å². The van der Waals surface area contributed by atoms with Crippen LogP contribution in [0.25, 0.3) is 11.1 Å². The molecule has 7 heteroatoms. The molecule has 1 aromatic carbocycles. The lowest BCUT2D eigenvalue weighted by Crippen LogP contribution is -2.35. The number of carbonyl (C=O) groups is 3. The smallest absolute Gasteiger partial charge is 0.307 e. The number of nitrogens with two attached hydrogens (primary N) is 1. The van der Waals surface area contributed by atoms with Crippen LogP contribution in [0.15, 0.2) is 36.4 Å². The van der Waals surface area contributed by atoms with Crippen LogP contribution in [0.3, 0.4) is 0 Å². The first-order valence-corrected chi connectivity index (χ1v) is 9.80. The first-order valence-electron chi connectivity index (χ1n) is 8.98. The molecule has 4 N–H and O–H groups in total. The lowest BCUT2D eigenvalue weighted by molar-refractivity contribution is -0.146. The molecule has 6 nitrogen and oxygen atoms in total. The van der Waals surface area contributed by atoms with Crippen molar-refractivity contribution in [3.8, 4) is 11.1 Å². The molecule has 3 rings (SSSR count). The minimum atomic E-state index is -0.998. The van der Waals surface area contributed by atoms with Crippen molar-refractivity contribution >= 4 is 34.1 Å². The van der Waals surface area contributed by atoms with Crippen LogP contribution in [0.2, 0.25) is 0 Å². The third-order valence-electron chi connectivity index (χ3n) is 4.99. The third-order valence-corrected chi connectivity index (χ3v) is 6.01. The van der Waals surface area contributed by atoms with E-state index >= 15 is 0 Å². The number of allylic oxidation sites excluding steroid dienone is 2. The van der Waals surface area contributed by atoms with Crippen LogP contribution in [0.5, 0.6) is 0 Å². The molecule has 28 heavy (non-hydrogen) atoms. The summed E-state index contributed by atoms with van der Waals surface area (Å²) in [5.74, 6) is -3.50. The Morgan fingerprint density at radius 1 is 1.07 bits per heavy atom. The lowest BCUT2D eigenvalue weighted by atomic mass is 9.82. The van der Waals surface area contributed by atoms with Gasteiger partial charge in [0, 0.05) is 10.4 Å². The van der Waals surface area contributed by atoms with Gasteiger partial charge in [0.15, 0.2) is 0 Å². The lowest BCUT2D eigenvalue weighted by Gasteiger charge is -2.24. The second-order valence-electron chi connectivity index (χ2n) is 6.95. The van der Waals surface area contributed by atoms with E-state index in [9.17, 15) is 19.5 Å². The van der Waals surface area contributed by atoms with Crippen LogP contribution in [-0.2, 0) is 9.59 Å². The highest BCUT2D eigenvalue weighted by Crippen LogP contribution is 2.40. The van der Waals surface area contributed by atoms with Crippen LogP contribution in [0, 0.1) is 25.7 Å². The van der Waals surface area contributed by atoms with Crippen LogP contribution in [0.4, 0.5) is 5.00 Å². The van der Waals surface area contributed by atoms with E-state index in [-0.39, 0.29) is 5.56 Å². The first-order chi connectivity index (χ1) is 13.3. The van der Waals surface area contributed by atoms with Gasteiger partial charge < -0.3 is 16.2 Å². The molecule has 0 spiro atoms. The highest BCUT2D eigenvalue weighted by Gasteiger charge is 2.35. The summed E-state index contributed by atoms with van der Waals surface area (Å²) in [7, 11) is 0. The second-order valence-corrected chi connectivity index (χ2v) is 8.18. The zero-order valence-electron chi connectivity index (χ0n) is 15.7. The number of benzene rings is 1. The van der Waals surface area contributed by atoms with Gasteiger partial charge in [0.2, 0.25) is 5.91 Å². The zero-order valence-corrected chi connectivity index (χ0v) is 16.5. The molecule has 2 atom stereocenters. The molecule has 146 valence electrons. The van der Waals surface area contributed by atoms with E-state index in [0.29, 0.717) is 23.4 Å². The Bertz CT molecular complexity index is 960. The normalized spacial score (nSPS) is 18.6. The molecule has 0 aliphatic heterocycles. The Labute approximate surface area is 167 Å². The van der Waals surface area contributed by atoms with E-state index in [4.69, 9.17) is 5.73 Å². The second kappa shape index (κ2) is 7.98. The molecule has 2 amide bonds. The summed E-state index contributed by atoms with van der Waals surface area (Å²) < 4.78 is 0. The van der Waals surface area contributed by atoms with Gasteiger partial charge in [-0.3, -0.25) is 14.4 Å². The standard InChI is InChI=1S/C21H22N2O4S/c1-11-7-9-13(10-8-11)16-12(2)28-20(17(16)18(22)24)23-19(25)14-5-3-4-6-15(14)21(26)27/h3-4,7-10,14-15H,5-6H2,1-2H3,(H2,22,24)(H,23,25)(H,26,27)/t14-,15+/m1/s1. The van der Waals surface area contributed by atoms with Gasteiger partial charge in [-0.2, -0.15) is 0 Å². The van der Waals surface area contributed by atoms with Crippen molar-refractivity contribution in [2.24, 2.45) is 17.6 Å². The molecule has 1 aliphatic rings. The van der Waals surface area contributed by atoms with Gasteiger partial charge in [0.05, 0.1) is 17.4 Å². The van der Waals surface area contributed by atoms with Crippen LogP contribution in [0.1, 0.15) is 33.6 Å². The third kappa shape index (κ3) is 3.84. The van der Waals surface area contributed by atoms with Crippen LogP contribution in [-0.4, -0.2) is 22.9 Å². The van der Waals surface area contributed by atoms with E-state index in [1.54, 1.807) is 6.08 Å². The van der Waals surface area contributed by atoms with Crippen molar-refractivity contribution in [3.05, 3.63) is 52.4 Å². The average molecular weight is 398 g/mol. The largest absolute Gasteiger partial charge is 0.481 e. The van der Waals surface area contributed by atoms with Crippen molar-refractivity contribution < 1.29 is 19.5 Å². The highest BCUT2D eigenvalue weighted by molar-refractivity contribution is 7.17. The van der Waals surface area contributed by atoms with Crippen molar-refractivity contribution in [2.75, 3.05) is 5.32 Å².